The normalized spacial score (nSPS) is 21.5. The fourth-order valence-electron chi connectivity index (χ4n) is 4.35. The van der Waals surface area contributed by atoms with Crippen molar-refractivity contribution in [2.45, 2.75) is 25.8 Å². The third-order valence-electron chi connectivity index (χ3n) is 6.27. The van der Waals surface area contributed by atoms with Crippen molar-refractivity contribution in [2.24, 2.45) is 0 Å². The summed E-state index contributed by atoms with van der Waals surface area (Å²) < 4.78 is 5.41. The Morgan fingerprint density at radius 2 is 1.66 bits per heavy atom. The van der Waals surface area contributed by atoms with Gasteiger partial charge in [0.25, 0.3) is 11.7 Å². The summed E-state index contributed by atoms with van der Waals surface area (Å²) >= 11 is 0. The third kappa shape index (κ3) is 4.47. The average molecular weight is 435 g/mol. The van der Waals surface area contributed by atoms with Crippen molar-refractivity contribution in [3.8, 4) is 0 Å². The number of nitrogens with zero attached hydrogens (tertiary/aromatic N) is 2. The molecule has 2 saturated heterocycles. The van der Waals surface area contributed by atoms with Crippen LogP contribution in [0.25, 0.3) is 5.76 Å². The Labute approximate surface area is 189 Å². The zero-order valence-electron chi connectivity index (χ0n) is 18.7. The summed E-state index contributed by atoms with van der Waals surface area (Å²) in [5.74, 6) is -0.947. The van der Waals surface area contributed by atoms with Crippen LogP contribution < -0.4 is 0 Å². The van der Waals surface area contributed by atoms with Gasteiger partial charge in [-0.15, -0.1) is 0 Å². The van der Waals surface area contributed by atoms with Crippen LogP contribution in [0.1, 0.15) is 42.5 Å². The Morgan fingerprint density at radius 1 is 1.00 bits per heavy atom. The largest absolute Gasteiger partial charge is 0.507 e. The smallest absolute Gasteiger partial charge is 0.295 e. The summed E-state index contributed by atoms with van der Waals surface area (Å²) in [6.07, 6.45) is 0. The molecule has 6 heteroatoms. The molecule has 2 aliphatic heterocycles. The van der Waals surface area contributed by atoms with Gasteiger partial charge >= 0.3 is 0 Å². The third-order valence-corrected chi connectivity index (χ3v) is 6.27. The molecule has 1 atom stereocenters. The number of aliphatic hydroxyl groups is 1. The van der Waals surface area contributed by atoms with E-state index >= 15 is 0 Å². The van der Waals surface area contributed by atoms with E-state index in [9.17, 15) is 14.7 Å². The van der Waals surface area contributed by atoms with E-state index in [0.29, 0.717) is 37.8 Å². The molecular formula is C26H30N2O4. The monoisotopic (exact) mass is 434 g/mol. The summed E-state index contributed by atoms with van der Waals surface area (Å²) in [6.45, 7) is 8.27. The molecule has 0 radical (unpaired) electrons. The van der Waals surface area contributed by atoms with E-state index in [1.165, 1.54) is 5.56 Å². The van der Waals surface area contributed by atoms with Crippen molar-refractivity contribution in [2.75, 3.05) is 39.4 Å². The standard InChI is InChI=1S/C26H30N2O4/c1-18(2)19-8-10-20(11-9-19)23-22(24(29)21-6-4-3-5-7-21)25(30)26(31)28(23)13-12-27-14-16-32-17-15-27/h3-11,18,23,29H,12-17H2,1-2H3/t23-/m0/s1. The zero-order valence-corrected chi connectivity index (χ0v) is 18.7. The number of ketones is 1. The molecule has 0 saturated carbocycles. The van der Waals surface area contributed by atoms with Crippen LogP contribution in [-0.2, 0) is 14.3 Å². The average Bonchev–Trinajstić information content (AvgIpc) is 3.08. The van der Waals surface area contributed by atoms with Crippen molar-refractivity contribution in [1.29, 1.82) is 0 Å². The highest BCUT2D eigenvalue weighted by Crippen LogP contribution is 2.39. The van der Waals surface area contributed by atoms with Gasteiger partial charge in [-0.05, 0) is 17.0 Å². The number of amides is 1. The van der Waals surface area contributed by atoms with Gasteiger partial charge in [0.15, 0.2) is 0 Å². The van der Waals surface area contributed by atoms with Crippen LogP contribution in [0.3, 0.4) is 0 Å². The summed E-state index contributed by atoms with van der Waals surface area (Å²) in [4.78, 5) is 30.0. The van der Waals surface area contributed by atoms with E-state index in [1.807, 2.05) is 30.3 Å². The molecule has 2 heterocycles. The van der Waals surface area contributed by atoms with E-state index in [0.717, 1.165) is 18.7 Å². The molecule has 2 fully saturated rings. The van der Waals surface area contributed by atoms with E-state index in [2.05, 4.69) is 18.7 Å². The Hall–Kier alpha value is -2.96. The highest BCUT2D eigenvalue weighted by atomic mass is 16.5. The van der Waals surface area contributed by atoms with Crippen molar-refractivity contribution < 1.29 is 19.4 Å². The molecule has 168 valence electrons. The molecule has 0 spiro atoms. The number of carbonyl (C=O) groups excluding carboxylic acids is 2. The predicted octanol–water partition coefficient (Wildman–Crippen LogP) is 3.56. The van der Waals surface area contributed by atoms with Gasteiger partial charge in [0, 0.05) is 31.7 Å². The number of Topliss-reactive ketones (excluding diaryl/α,β-unsaturated/α-hetero) is 1. The number of benzene rings is 2. The first kappa shape index (κ1) is 22.2. The van der Waals surface area contributed by atoms with Crippen LogP contribution in [0, 0.1) is 0 Å². The van der Waals surface area contributed by atoms with Crippen LogP contribution >= 0.6 is 0 Å². The van der Waals surface area contributed by atoms with Crippen LogP contribution in [0.4, 0.5) is 0 Å². The summed E-state index contributed by atoms with van der Waals surface area (Å²) in [5.41, 5.74) is 2.69. The number of hydrogen-bond donors (Lipinski definition) is 1. The van der Waals surface area contributed by atoms with Crippen molar-refractivity contribution in [3.63, 3.8) is 0 Å². The van der Waals surface area contributed by atoms with Crippen LogP contribution in [0.2, 0.25) is 0 Å². The Balaban J connectivity index is 1.72. The molecule has 2 aromatic carbocycles. The van der Waals surface area contributed by atoms with Crippen LogP contribution in [0.15, 0.2) is 60.2 Å². The molecule has 0 aliphatic carbocycles. The van der Waals surface area contributed by atoms with Crippen molar-refractivity contribution >= 4 is 17.4 Å². The second-order valence-electron chi connectivity index (χ2n) is 8.63. The lowest BCUT2D eigenvalue weighted by Crippen LogP contribution is -2.42. The highest BCUT2D eigenvalue weighted by Gasteiger charge is 2.46. The molecule has 2 aromatic rings. The molecule has 2 aliphatic rings. The van der Waals surface area contributed by atoms with Crippen molar-refractivity contribution in [3.05, 3.63) is 76.9 Å². The summed E-state index contributed by atoms with van der Waals surface area (Å²) in [5, 5.41) is 11.1. The number of carbonyl (C=O) groups is 2. The molecule has 0 bridgehead atoms. The first-order valence-corrected chi connectivity index (χ1v) is 11.2. The quantitative estimate of drug-likeness (QED) is 0.428. The Kier molecular flexibility index (Phi) is 6.72. The summed E-state index contributed by atoms with van der Waals surface area (Å²) in [7, 11) is 0. The van der Waals surface area contributed by atoms with Gasteiger partial charge in [0.2, 0.25) is 0 Å². The van der Waals surface area contributed by atoms with E-state index in [1.54, 1.807) is 29.2 Å². The molecular weight excluding hydrogens is 404 g/mol. The highest BCUT2D eigenvalue weighted by molar-refractivity contribution is 6.46. The van der Waals surface area contributed by atoms with Crippen LogP contribution in [0.5, 0.6) is 0 Å². The molecule has 1 amide bonds. The lowest BCUT2D eigenvalue weighted by Gasteiger charge is -2.31. The second kappa shape index (κ2) is 9.67. The number of aliphatic hydroxyl groups excluding tert-OH is 1. The molecule has 0 aromatic heterocycles. The zero-order chi connectivity index (χ0) is 22.7. The van der Waals surface area contributed by atoms with Gasteiger partial charge in [-0.1, -0.05) is 68.4 Å². The van der Waals surface area contributed by atoms with Crippen LogP contribution in [-0.4, -0.2) is 66.0 Å². The molecule has 32 heavy (non-hydrogen) atoms. The number of hydrogen-bond acceptors (Lipinski definition) is 5. The maximum atomic E-state index is 13.1. The van der Waals surface area contributed by atoms with E-state index in [-0.39, 0.29) is 11.3 Å². The first-order chi connectivity index (χ1) is 15.5. The van der Waals surface area contributed by atoms with Gasteiger partial charge < -0.3 is 14.7 Å². The Morgan fingerprint density at radius 3 is 2.28 bits per heavy atom. The number of likely N-dealkylation sites (tertiary alicyclic amines) is 1. The van der Waals surface area contributed by atoms with E-state index < -0.39 is 17.7 Å². The minimum atomic E-state index is -0.633. The van der Waals surface area contributed by atoms with Gasteiger partial charge in [-0.3, -0.25) is 14.5 Å². The maximum absolute atomic E-state index is 13.1. The lowest BCUT2D eigenvalue weighted by molar-refractivity contribution is -0.140. The van der Waals surface area contributed by atoms with Gasteiger partial charge in [0.1, 0.15) is 5.76 Å². The number of morpholine rings is 1. The SMILES string of the molecule is CC(C)c1ccc([C@H]2C(=C(O)c3ccccc3)C(=O)C(=O)N2CCN2CCOCC2)cc1. The second-order valence-corrected chi connectivity index (χ2v) is 8.63. The molecule has 6 nitrogen and oxygen atoms in total. The maximum Gasteiger partial charge on any atom is 0.295 e. The fourth-order valence-corrected chi connectivity index (χ4v) is 4.35. The topological polar surface area (TPSA) is 70.1 Å². The minimum Gasteiger partial charge on any atom is -0.507 e. The predicted molar refractivity (Wildman–Crippen MR) is 123 cm³/mol. The summed E-state index contributed by atoms with van der Waals surface area (Å²) in [6, 6.07) is 16.3. The number of ether oxygens (including phenoxy) is 1. The van der Waals surface area contributed by atoms with Crippen molar-refractivity contribution in [1.82, 2.24) is 9.80 Å². The first-order valence-electron chi connectivity index (χ1n) is 11.2. The fraction of sp³-hybridized carbons (Fsp3) is 0.385. The van der Waals surface area contributed by atoms with E-state index in [4.69, 9.17) is 4.74 Å². The lowest BCUT2D eigenvalue weighted by atomic mass is 9.93. The molecule has 0 unspecified atom stereocenters. The molecule has 4 rings (SSSR count). The Bertz CT molecular complexity index is 992. The van der Waals surface area contributed by atoms with Gasteiger partial charge in [-0.25, -0.2) is 0 Å². The molecule has 1 N–H and O–H groups in total. The minimum absolute atomic E-state index is 0.129. The van der Waals surface area contributed by atoms with Gasteiger partial charge in [-0.2, -0.15) is 0 Å². The van der Waals surface area contributed by atoms with Gasteiger partial charge in [0.05, 0.1) is 24.8 Å². The number of rotatable bonds is 6.